The number of carbonyl (C=O) groups is 3. The molecule has 7 nitrogen and oxygen atoms in total. The summed E-state index contributed by atoms with van der Waals surface area (Å²) < 4.78 is 0. The number of fused-ring (bicyclic) bond motifs is 1. The standard InChI is InChI=1S/C20H21ClN4O3/c1-13-10-18(26)23-16-8-3-4-9-17(16)25(13)19(27)12-24(2)20(28)22-15-7-5-6-14(21)11-15/h3-9,11,13H,10,12H2,1-2H3,(H,22,28)(H,23,26). The Morgan fingerprint density at radius 1 is 1.25 bits per heavy atom. The van der Waals surface area contributed by atoms with Crippen molar-refractivity contribution in [3.05, 3.63) is 53.6 Å². The minimum absolute atomic E-state index is 0.140. The predicted molar refractivity (Wildman–Crippen MR) is 110 cm³/mol. The van der Waals surface area contributed by atoms with Gasteiger partial charge >= 0.3 is 6.03 Å². The van der Waals surface area contributed by atoms with Crippen molar-refractivity contribution in [3.63, 3.8) is 0 Å². The zero-order valence-corrected chi connectivity index (χ0v) is 16.4. The summed E-state index contributed by atoms with van der Waals surface area (Å²) >= 11 is 5.93. The normalized spacial score (nSPS) is 15.9. The van der Waals surface area contributed by atoms with E-state index in [9.17, 15) is 14.4 Å². The van der Waals surface area contributed by atoms with Gasteiger partial charge in [-0.15, -0.1) is 0 Å². The van der Waals surface area contributed by atoms with Crippen LogP contribution in [0.1, 0.15) is 13.3 Å². The Hall–Kier alpha value is -3.06. The van der Waals surface area contributed by atoms with Gasteiger partial charge in [-0.1, -0.05) is 29.8 Å². The number of hydrogen-bond acceptors (Lipinski definition) is 3. The SMILES string of the molecule is CC1CC(=O)Nc2ccccc2N1C(=O)CN(C)C(=O)Nc1cccc(Cl)c1. The van der Waals surface area contributed by atoms with Gasteiger partial charge in [0.25, 0.3) is 0 Å². The number of nitrogens with one attached hydrogen (secondary N) is 2. The summed E-state index contributed by atoms with van der Waals surface area (Å²) in [6, 6.07) is 13.1. The van der Waals surface area contributed by atoms with Crippen LogP contribution < -0.4 is 15.5 Å². The topological polar surface area (TPSA) is 81.8 Å². The first kappa shape index (κ1) is 19.7. The van der Waals surface area contributed by atoms with Gasteiger partial charge in [0, 0.05) is 30.2 Å². The molecule has 4 amide bonds. The van der Waals surface area contributed by atoms with Gasteiger partial charge in [0.1, 0.15) is 6.54 Å². The summed E-state index contributed by atoms with van der Waals surface area (Å²) in [6.45, 7) is 1.67. The molecule has 0 spiro atoms. The van der Waals surface area contributed by atoms with Gasteiger partial charge in [-0.25, -0.2) is 4.79 Å². The van der Waals surface area contributed by atoms with E-state index in [1.807, 2.05) is 6.92 Å². The van der Waals surface area contributed by atoms with Crippen LogP contribution in [-0.4, -0.2) is 42.4 Å². The van der Waals surface area contributed by atoms with E-state index >= 15 is 0 Å². The molecule has 0 saturated carbocycles. The van der Waals surface area contributed by atoms with E-state index in [2.05, 4.69) is 10.6 Å². The molecule has 1 aliphatic heterocycles. The van der Waals surface area contributed by atoms with Gasteiger partial charge in [0.05, 0.1) is 11.4 Å². The highest BCUT2D eigenvalue weighted by Crippen LogP contribution is 2.31. The third kappa shape index (κ3) is 4.43. The molecule has 28 heavy (non-hydrogen) atoms. The number of halogens is 1. The summed E-state index contributed by atoms with van der Waals surface area (Å²) in [5.74, 6) is -0.428. The second-order valence-corrected chi connectivity index (χ2v) is 7.12. The Kier molecular flexibility index (Phi) is 5.84. The second kappa shape index (κ2) is 8.31. The minimum atomic E-state index is -0.430. The lowest BCUT2D eigenvalue weighted by Gasteiger charge is -2.29. The lowest BCUT2D eigenvalue weighted by molar-refractivity contribution is -0.119. The first-order valence-electron chi connectivity index (χ1n) is 8.84. The number of benzene rings is 2. The molecule has 0 aliphatic carbocycles. The lowest BCUT2D eigenvalue weighted by Crippen LogP contribution is -2.46. The Morgan fingerprint density at radius 2 is 2.00 bits per heavy atom. The average molecular weight is 401 g/mol. The average Bonchev–Trinajstić information content (AvgIpc) is 2.75. The van der Waals surface area contributed by atoms with E-state index in [1.54, 1.807) is 53.4 Å². The van der Waals surface area contributed by atoms with Crippen molar-refractivity contribution < 1.29 is 14.4 Å². The van der Waals surface area contributed by atoms with E-state index < -0.39 is 6.03 Å². The van der Waals surface area contributed by atoms with Crippen LogP contribution >= 0.6 is 11.6 Å². The Labute approximate surface area is 168 Å². The first-order valence-corrected chi connectivity index (χ1v) is 9.21. The molecular formula is C20H21ClN4O3. The summed E-state index contributed by atoms with van der Waals surface area (Å²) in [7, 11) is 1.54. The molecule has 1 unspecified atom stereocenters. The fourth-order valence-electron chi connectivity index (χ4n) is 3.10. The fraction of sp³-hybridized carbons (Fsp3) is 0.250. The number of carbonyl (C=O) groups excluding carboxylic acids is 3. The van der Waals surface area contributed by atoms with Gasteiger partial charge in [0.2, 0.25) is 11.8 Å². The second-order valence-electron chi connectivity index (χ2n) is 6.68. The van der Waals surface area contributed by atoms with E-state index in [0.717, 1.165) is 0 Å². The Balaban J connectivity index is 1.74. The number of amides is 4. The fourth-order valence-corrected chi connectivity index (χ4v) is 3.29. The molecule has 146 valence electrons. The van der Waals surface area contributed by atoms with Crippen LogP contribution in [0.4, 0.5) is 21.9 Å². The highest BCUT2D eigenvalue weighted by atomic mass is 35.5. The molecule has 1 heterocycles. The molecule has 2 N–H and O–H groups in total. The summed E-state index contributed by atoms with van der Waals surface area (Å²) in [5.41, 5.74) is 1.74. The lowest BCUT2D eigenvalue weighted by atomic mass is 10.1. The third-order valence-electron chi connectivity index (χ3n) is 4.42. The van der Waals surface area contributed by atoms with Crippen LogP contribution in [0.25, 0.3) is 0 Å². The maximum absolute atomic E-state index is 13.0. The van der Waals surface area contributed by atoms with Crippen LogP contribution in [0.15, 0.2) is 48.5 Å². The zero-order valence-electron chi connectivity index (χ0n) is 15.6. The number of urea groups is 1. The van der Waals surface area contributed by atoms with Crippen molar-refractivity contribution in [3.8, 4) is 0 Å². The van der Waals surface area contributed by atoms with Crippen LogP contribution in [0.3, 0.4) is 0 Å². The van der Waals surface area contributed by atoms with Gasteiger partial charge in [0.15, 0.2) is 0 Å². The molecule has 0 fully saturated rings. The van der Waals surface area contributed by atoms with Gasteiger partial charge in [-0.05, 0) is 37.3 Å². The van der Waals surface area contributed by atoms with E-state index in [1.165, 1.54) is 11.9 Å². The summed E-state index contributed by atoms with van der Waals surface area (Å²) in [5, 5.41) is 6.02. The third-order valence-corrected chi connectivity index (χ3v) is 4.66. The van der Waals surface area contributed by atoms with Crippen molar-refractivity contribution in [1.82, 2.24) is 4.90 Å². The predicted octanol–water partition coefficient (Wildman–Crippen LogP) is 3.57. The minimum Gasteiger partial charge on any atom is -0.324 e. The number of nitrogens with zero attached hydrogens (tertiary/aromatic N) is 2. The maximum Gasteiger partial charge on any atom is 0.322 e. The number of para-hydroxylation sites is 2. The van der Waals surface area contributed by atoms with Crippen molar-refractivity contribution in [2.45, 2.75) is 19.4 Å². The maximum atomic E-state index is 13.0. The van der Waals surface area contributed by atoms with Crippen LogP contribution in [0.5, 0.6) is 0 Å². The van der Waals surface area contributed by atoms with Gasteiger partial charge in [-0.2, -0.15) is 0 Å². The summed E-state index contributed by atoms with van der Waals surface area (Å²) in [4.78, 5) is 40.3. The van der Waals surface area contributed by atoms with Gasteiger partial charge < -0.3 is 20.4 Å². The molecule has 0 saturated heterocycles. The number of hydrogen-bond donors (Lipinski definition) is 2. The number of likely N-dealkylation sites (N-methyl/N-ethyl adjacent to an activating group) is 1. The monoisotopic (exact) mass is 400 g/mol. The molecular weight excluding hydrogens is 380 g/mol. The van der Waals surface area contributed by atoms with Crippen molar-refractivity contribution >= 4 is 46.5 Å². The van der Waals surface area contributed by atoms with Crippen molar-refractivity contribution in [1.29, 1.82) is 0 Å². The van der Waals surface area contributed by atoms with Crippen LogP contribution in [0.2, 0.25) is 5.02 Å². The van der Waals surface area contributed by atoms with Crippen molar-refractivity contribution in [2.24, 2.45) is 0 Å². The van der Waals surface area contributed by atoms with E-state index in [4.69, 9.17) is 11.6 Å². The van der Waals surface area contributed by atoms with Crippen LogP contribution in [-0.2, 0) is 9.59 Å². The molecule has 1 aliphatic rings. The highest BCUT2D eigenvalue weighted by Gasteiger charge is 2.30. The number of rotatable bonds is 3. The quantitative estimate of drug-likeness (QED) is 0.826. The van der Waals surface area contributed by atoms with Gasteiger partial charge in [-0.3, -0.25) is 9.59 Å². The molecule has 8 heteroatoms. The number of anilines is 3. The van der Waals surface area contributed by atoms with E-state index in [-0.39, 0.29) is 30.8 Å². The van der Waals surface area contributed by atoms with E-state index in [0.29, 0.717) is 22.1 Å². The smallest absolute Gasteiger partial charge is 0.322 e. The molecule has 2 aromatic rings. The largest absolute Gasteiger partial charge is 0.324 e. The molecule has 1 atom stereocenters. The first-order chi connectivity index (χ1) is 13.3. The molecule has 3 rings (SSSR count). The highest BCUT2D eigenvalue weighted by molar-refractivity contribution is 6.30. The Bertz CT molecular complexity index is 918. The molecule has 0 radical (unpaired) electrons. The summed E-state index contributed by atoms with van der Waals surface area (Å²) in [6.07, 6.45) is 0.179. The zero-order chi connectivity index (χ0) is 20.3. The Morgan fingerprint density at radius 3 is 2.75 bits per heavy atom. The molecule has 0 bridgehead atoms. The van der Waals surface area contributed by atoms with Crippen LogP contribution in [0, 0.1) is 0 Å². The van der Waals surface area contributed by atoms with Crippen molar-refractivity contribution in [2.75, 3.05) is 29.1 Å². The molecule has 2 aromatic carbocycles. The molecule has 0 aromatic heterocycles.